The van der Waals surface area contributed by atoms with Crippen molar-refractivity contribution in [2.24, 2.45) is 5.92 Å². The second kappa shape index (κ2) is 8.23. The number of carbonyl (C=O) groups excluding carboxylic acids is 2. The van der Waals surface area contributed by atoms with Gasteiger partial charge in [0.15, 0.2) is 29.8 Å². The monoisotopic (exact) mass is 488 g/mol. The van der Waals surface area contributed by atoms with Crippen LogP contribution in [0, 0.1) is 5.92 Å². The van der Waals surface area contributed by atoms with Gasteiger partial charge in [0.2, 0.25) is 0 Å². The highest BCUT2D eigenvalue weighted by Crippen LogP contribution is 2.67. The largest absolute Gasteiger partial charge is 0.493 e. The molecule has 4 aliphatic rings. The minimum absolute atomic E-state index is 0.0271. The van der Waals surface area contributed by atoms with Crippen LogP contribution in [0.3, 0.4) is 0 Å². The zero-order valence-corrected chi connectivity index (χ0v) is 19.5. The van der Waals surface area contributed by atoms with Gasteiger partial charge in [-0.2, -0.15) is 0 Å². The normalized spacial score (nSPS) is 31.3. The van der Waals surface area contributed by atoms with Gasteiger partial charge in [0.1, 0.15) is 5.76 Å². The first-order valence-electron chi connectivity index (χ1n) is 11.7. The van der Waals surface area contributed by atoms with E-state index in [1.54, 1.807) is 6.08 Å². The lowest BCUT2D eigenvalue weighted by Gasteiger charge is -2.59. The number of carboxylic acid groups (broad SMARTS) is 1. The van der Waals surface area contributed by atoms with Crippen molar-refractivity contribution >= 4 is 17.9 Å². The molecule has 1 aliphatic heterocycles. The van der Waals surface area contributed by atoms with Gasteiger partial charge in [-0.1, -0.05) is 12.5 Å². The lowest BCUT2D eigenvalue weighted by Crippen LogP contribution is -2.67. The summed E-state index contributed by atoms with van der Waals surface area (Å²) in [6.45, 7) is 1.16. The molecule has 6 atom stereocenters. The van der Waals surface area contributed by atoms with Crippen LogP contribution in [0.25, 0.3) is 0 Å². The van der Waals surface area contributed by atoms with Gasteiger partial charge in [-0.15, -0.1) is 0 Å². The molecule has 5 rings (SSSR count). The van der Waals surface area contributed by atoms with Gasteiger partial charge >= 0.3 is 17.9 Å². The number of aliphatic hydroxyl groups excluding tert-OH is 1. The van der Waals surface area contributed by atoms with Gasteiger partial charge in [0.05, 0.1) is 24.5 Å². The minimum atomic E-state index is -1.86. The Labute approximate surface area is 201 Å². The molecule has 0 radical (unpaired) electrons. The number of ether oxygens (including phenoxy) is 4. The van der Waals surface area contributed by atoms with E-state index in [4.69, 9.17) is 19.3 Å². The summed E-state index contributed by atoms with van der Waals surface area (Å²) in [5.74, 6) is -2.23. The van der Waals surface area contributed by atoms with Crippen molar-refractivity contribution in [1.82, 2.24) is 0 Å². The quantitative estimate of drug-likeness (QED) is 0.481. The number of benzene rings is 1. The summed E-state index contributed by atoms with van der Waals surface area (Å²) in [7, 11) is 1.54. The van der Waals surface area contributed by atoms with Gasteiger partial charge < -0.3 is 34.3 Å². The number of aliphatic carboxylic acids is 1. The number of carboxylic acids is 1. The van der Waals surface area contributed by atoms with Crippen molar-refractivity contribution in [3.8, 4) is 11.5 Å². The van der Waals surface area contributed by atoms with Crippen LogP contribution >= 0.6 is 0 Å². The van der Waals surface area contributed by atoms with Crippen molar-refractivity contribution in [3.63, 3.8) is 0 Å². The number of aliphatic hydroxyl groups is 2. The molecule has 1 aromatic rings. The van der Waals surface area contributed by atoms with Gasteiger partial charge in [-0.3, -0.25) is 4.79 Å². The standard InChI is InChI=1S/C25H28O10/c1-12(22(28)29)33-18(27)11-15(26)23(30)34-17-7-9-25(31)14-4-3-8-24(25)19-13(10-14)5-6-16(32-2)20(19)35-21(17)24/h5-7,12,14-15,21,26,31H,3-4,8-11H2,1-2H3,(H,28,29)/t12-,14+,15-,21-,24-,25+/m0/s1. The highest BCUT2D eigenvalue weighted by Gasteiger charge is 2.71. The zero-order valence-electron chi connectivity index (χ0n) is 19.5. The van der Waals surface area contributed by atoms with E-state index in [0.717, 1.165) is 37.3 Å². The number of hydrogen-bond donors (Lipinski definition) is 3. The Morgan fingerprint density at radius 3 is 2.77 bits per heavy atom. The average Bonchev–Trinajstić information content (AvgIpc) is 3.15. The fourth-order valence-electron chi connectivity index (χ4n) is 6.40. The number of rotatable bonds is 7. The second-order valence-electron chi connectivity index (χ2n) is 9.74. The highest BCUT2D eigenvalue weighted by molar-refractivity contribution is 5.84. The third-order valence-corrected chi connectivity index (χ3v) is 7.97. The molecular formula is C25H28O10. The molecule has 10 nitrogen and oxygen atoms in total. The van der Waals surface area contributed by atoms with E-state index in [1.165, 1.54) is 7.11 Å². The first kappa shape index (κ1) is 23.6. The van der Waals surface area contributed by atoms with E-state index in [9.17, 15) is 24.6 Å². The fraction of sp³-hybridized carbons (Fsp3) is 0.560. The predicted molar refractivity (Wildman–Crippen MR) is 118 cm³/mol. The van der Waals surface area contributed by atoms with E-state index in [2.05, 4.69) is 4.74 Å². The Morgan fingerprint density at radius 1 is 1.29 bits per heavy atom. The maximum absolute atomic E-state index is 12.7. The molecular weight excluding hydrogens is 460 g/mol. The highest BCUT2D eigenvalue weighted by atomic mass is 16.6. The molecule has 3 aliphatic carbocycles. The average molecular weight is 488 g/mol. The fourth-order valence-corrected chi connectivity index (χ4v) is 6.40. The Kier molecular flexibility index (Phi) is 5.56. The van der Waals surface area contributed by atoms with Crippen LogP contribution in [0.4, 0.5) is 0 Å². The number of methoxy groups -OCH3 is 1. The Bertz CT molecular complexity index is 1130. The molecule has 2 bridgehead atoms. The SMILES string of the molecule is COc1ccc2c3c1O[C@H]1C(OC(=O)[C@@H](O)CC(=O)O[C@@H](C)C(=O)O)=CC[C@@]4(O)[C@H](CCC[C@]314)C2. The van der Waals surface area contributed by atoms with Crippen molar-refractivity contribution < 1.29 is 48.7 Å². The molecule has 0 amide bonds. The molecule has 188 valence electrons. The van der Waals surface area contributed by atoms with E-state index in [1.807, 2.05) is 12.1 Å². The molecule has 1 aromatic carbocycles. The third kappa shape index (κ3) is 3.34. The van der Waals surface area contributed by atoms with Crippen molar-refractivity contribution in [3.05, 3.63) is 35.1 Å². The second-order valence-corrected chi connectivity index (χ2v) is 9.74. The number of hydrogen-bond acceptors (Lipinski definition) is 9. The Balaban J connectivity index is 1.42. The molecule has 1 saturated carbocycles. The van der Waals surface area contributed by atoms with Crippen molar-refractivity contribution in [2.75, 3.05) is 7.11 Å². The summed E-state index contributed by atoms with van der Waals surface area (Å²) in [5.41, 5.74) is 0.0824. The Hall–Kier alpha value is -3.11. The molecule has 0 aromatic heterocycles. The van der Waals surface area contributed by atoms with E-state index >= 15 is 0 Å². The van der Waals surface area contributed by atoms with Crippen LogP contribution < -0.4 is 9.47 Å². The first-order chi connectivity index (χ1) is 16.6. The summed E-state index contributed by atoms with van der Waals surface area (Å²) in [6.07, 6.45) is 0.156. The van der Waals surface area contributed by atoms with E-state index in [0.29, 0.717) is 17.9 Å². The number of esters is 2. The Morgan fingerprint density at radius 2 is 2.06 bits per heavy atom. The van der Waals surface area contributed by atoms with Gasteiger partial charge in [0, 0.05) is 5.56 Å². The van der Waals surface area contributed by atoms with Crippen LogP contribution in [0.2, 0.25) is 0 Å². The smallest absolute Gasteiger partial charge is 0.344 e. The van der Waals surface area contributed by atoms with Crippen LogP contribution in [0.1, 0.15) is 50.2 Å². The molecule has 0 saturated heterocycles. The lowest BCUT2D eigenvalue weighted by atomic mass is 9.47. The van der Waals surface area contributed by atoms with Crippen LogP contribution in [-0.2, 0) is 35.7 Å². The first-order valence-corrected chi connectivity index (χ1v) is 11.7. The summed E-state index contributed by atoms with van der Waals surface area (Å²) >= 11 is 0. The van der Waals surface area contributed by atoms with Gasteiger partial charge in [-0.25, -0.2) is 9.59 Å². The molecule has 3 N–H and O–H groups in total. The summed E-state index contributed by atoms with van der Waals surface area (Å²) in [5, 5.41) is 31.1. The maximum atomic E-state index is 12.7. The third-order valence-electron chi connectivity index (χ3n) is 7.97. The van der Waals surface area contributed by atoms with Crippen LogP contribution in [0.15, 0.2) is 24.0 Å². The summed E-state index contributed by atoms with van der Waals surface area (Å²) < 4.78 is 22.1. The van der Waals surface area contributed by atoms with E-state index in [-0.39, 0.29) is 18.1 Å². The molecule has 1 fully saturated rings. The molecule has 10 heteroatoms. The van der Waals surface area contributed by atoms with Crippen LogP contribution in [0.5, 0.6) is 11.5 Å². The molecule has 35 heavy (non-hydrogen) atoms. The van der Waals surface area contributed by atoms with Gasteiger partial charge in [-0.05, 0) is 56.2 Å². The zero-order chi connectivity index (χ0) is 25.1. The predicted octanol–water partition coefficient (Wildman–Crippen LogP) is 1.38. The lowest BCUT2D eigenvalue weighted by molar-refractivity contribution is -0.170. The van der Waals surface area contributed by atoms with E-state index < -0.39 is 53.7 Å². The summed E-state index contributed by atoms with van der Waals surface area (Å²) in [6, 6.07) is 3.84. The van der Waals surface area contributed by atoms with Crippen molar-refractivity contribution in [2.45, 2.75) is 74.8 Å². The topological polar surface area (TPSA) is 149 Å². The molecule has 0 unspecified atom stereocenters. The maximum Gasteiger partial charge on any atom is 0.344 e. The van der Waals surface area contributed by atoms with Crippen molar-refractivity contribution in [1.29, 1.82) is 0 Å². The van der Waals surface area contributed by atoms with Gasteiger partial charge in [0.25, 0.3) is 0 Å². The molecule has 1 spiro atoms. The molecule has 1 heterocycles. The number of carbonyl (C=O) groups is 3. The minimum Gasteiger partial charge on any atom is -0.493 e. The summed E-state index contributed by atoms with van der Waals surface area (Å²) in [4.78, 5) is 35.4. The van der Waals surface area contributed by atoms with Crippen LogP contribution in [-0.4, -0.2) is 64.3 Å².